The van der Waals surface area contributed by atoms with E-state index in [0.29, 0.717) is 5.92 Å². The summed E-state index contributed by atoms with van der Waals surface area (Å²) in [4.78, 5) is 2.10. The van der Waals surface area contributed by atoms with Crippen LogP contribution in [0, 0.1) is 0 Å². The van der Waals surface area contributed by atoms with Crippen molar-refractivity contribution in [3.63, 3.8) is 0 Å². The van der Waals surface area contributed by atoms with Gasteiger partial charge in [-0.2, -0.15) is 9.61 Å². The smallest absolute Gasteiger partial charge is 0.186 e. The third-order valence-corrected chi connectivity index (χ3v) is 6.11. The van der Waals surface area contributed by atoms with Crippen LogP contribution >= 0.6 is 23.1 Å². The van der Waals surface area contributed by atoms with Gasteiger partial charge >= 0.3 is 0 Å². The van der Waals surface area contributed by atoms with Crippen molar-refractivity contribution in [3.8, 4) is 0 Å². The Labute approximate surface area is 154 Å². The Balaban J connectivity index is 1.59. The topological polar surface area (TPSA) is 43.1 Å². The summed E-state index contributed by atoms with van der Waals surface area (Å²) in [5, 5.41) is 14.6. The molecule has 2 aromatic heterocycles. The van der Waals surface area contributed by atoms with Crippen LogP contribution in [0.2, 0.25) is 0 Å². The van der Waals surface area contributed by atoms with E-state index in [0.717, 1.165) is 28.0 Å². The molecule has 0 saturated heterocycles. The van der Waals surface area contributed by atoms with Gasteiger partial charge < -0.3 is 0 Å². The second-order valence-corrected chi connectivity index (χ2v) is 7.76. The minimum atomic E-state index is 0.308. The molecule has 0 unspecified atom stereocenters. The Hall–Kier alpha value is -2.18. The Morgan fingerprint density at radius 3 is 2.44 bits per heavy atom. The van der Waals surface area contributed by atoms with Crippen LogP contribution in [-0.2, 0) is 5.75 Å². The lowest BCUT2D eigenvalue weighted by Gasteiger charge is -2.11. The van der Waals surface area contributed by atoms with Crippen LogP contribution in [0.25, 0.3) is 4.96 Å². The van der Waals surface area contributed by atoms with E-state index in [-0.39, 0.29) is 0 Å². The fourth-order valence-corrected chi connectivity index (χ4v) is 4.70. The molecule has 0 N–H and O–H groups in total. The summed E-state index contributed by atoms with van der Waals surface area (Å²) in [5.41, 5.74) is 1.30. The van der Waals surface area contributed by atoms with Gasteiger partial charge in [-0.05, 0) is 24.1 Å². The van der Waals surface area contributed by atoms with Gasteiger partial charge in [-0.25, -0.2) is 0 Å². The first-order valence-electron chi connectivity index (χ1n) is 8.29. The second-order valence-electron chi connectivity index (χ2n) is 5.72. The summed E-state index contributed by atoms with van der Waals surface area (Å²) >= 11 is 3.39. The summed E-state index contributed by atoms with van der Waals surface area (Å²) in [7, 11) is 0. The van der Waals surface area contributed by atoms with Crippen LogP contribution in [0.3, 0.4) is 0 Å². The van der Waals surface area contributed by atoms with E-state index in [1.807, 2.05) is 28.8 Å². The largest absolute Gasteiger partial charge is 0.234 e. The summed E-state index contributed by atoms with van der Waals surface area (Å²) in [6.45, 7) is 2.20. The molecular formula is C19H18N4S2. The van der Waals surface area contributed by atoms with E-state index in [2.05, 4.69) is 53.5 Å². The van der Waals surface area contributed by atoms with Crippen molar-refractivity contribution in [2.75, 3.05) is 0 Å². The molecular weight excluding hydrogens is 348 g/mol. The maximum absolute atomic E-state index is 4.83. The third kappa shape index (κ3) is 3.45. The maximum atomic E-state index is 4.83. The number of nitrogens with zero attached hydrogens (tertiary/aromatic N) is 4. The lowest BCUT2D eigenvalue weighted by molar-refractivity contribution is 0.735. The fraction of sp³-hybridized carbons (Fsp3) is 0.211. The van der Waals surface area contributed by atoms with Crippen LogP contribution in [0.1, 0.15) is 35.7 Å². The van der Waals surface area contributed by atoms with E-state index in [4.69, 9.17) is 5.10 Å². The molecule has 4 nitrogen and oxygen atoms in total. The van der Waals surface area contributed by atoms with Crippen LogP contribution in [0.4, 0.5) is 0 Å². The number of aromatic nitrogens is 4. The molecule has 0 aliphatic rings. The Kier molecular flexibility index (Phi) is 4.81. The number of hydrogen-bond acceptors (Lipinski definition) is 5. The van der Waals surface area contributed by atoms with Crippen LogP contribution in [0.15, 0.2) is 65.6 Å². The van der Waals surface area contributed by atoms with Crippen molar-refractivity contribution in [3.05, 3.63) is 77.1 Å². The van der Waals surface area contributed by atoms with E-state index >= 15 is 0 Å². The molecule has 0 aliphatic carbocycles. The van der Waals surface area contributed by atoms with E-state index in [9.17, 15) is 0 Å². The van der Waals surface area contributed by atoms with Crippen LogP contribution in [-0.4, -0.2) is 19.8 Å². The van der Waals surface area contributed by atoms with E-state index in [1.54, 1.807) is 23.1 Å². The molecule has 0 amide bonds. The standard InChI is InChI=1S/C19H18N4S2/c1-2-16(14-9-5-3-6-10-14)18-22-23-17(20-21-19(23)25-18)13-24-15-11-7-4-8-12-15/h3-12,16H,2,13H2,1H3/t16-/m0/s1. The van der Waals surface area contributed by atoms with Gasteiger partial charge in [-0.3, -0.25) is 0 Å². The average Bonchev–Trinajstić information content (AvgIpc) is 3.23. The highest BCUT2D eigenvalue weighted by Crippen LogP contribution is 2.31. The van der Waals surface area contributed by atoms with Crippen molar-refractivity contribution in [1.29, 1.82) is 0 Å². The van der Waals surface area contributed by atoms with Gasteiger partial charge in [0.05, 0.1) is 5.75 Å². The predicted octanol–water partition coefficient (Wildman–Crippen LogP) is 5.02. The molecule has 0 saturated carbocycles. The quantitative estimate of drug-likeness (QED) is 0.449. The molecule has 126 valence electrons. The fourth-order valence-electron chi connectivity index (χ4n) is 2.81. The Bertz CT molecular complexity index is 947. The molecule has 0 fully saturated rings. The van der Waals surface area contributed by atoms with Crippen molar-refractivity contribution in [2.24, 2.45) is 0 Å². The Morgan fingerprint density at radius 1 is 1.00 bits per heavy atom. The average molecular weight is 367 g/mol. The molecule has 2 heterocycles. The summed E-state index contributed by atoms with van der Waals surface area (Å²) < 4.78 is 1.90. The molecule has 4 rings (SSSR count). The van der Waals surface area contributed by atoms with Gasteiger partial charge in [0, 0.05) is 10.8 Å². The first kappa shape index (κ1) is 16.3. The van der Waals surface area contributed by atoms with Gasteiger partial charge in [0.1, 0.15) is 5.01 Å². The van der Waals surface area contributed by atoms with Gasteiger partial charge in [0.25, 0.3) is 0 Å². The summed E-state index contributed by atoms with van der Waals surface area (Å²) in [6.07, 6.45) is 1.02. The number of rotatable bonds is 6. The van der Waals surface area contributed by atoms with Crippen molar-refractivity contribution in [2.45, 2.75) is 29.9 Å². The highest BCUT2D eigenvalue weighted by molar-refractivity contribution is 7.98. The highest BCUT2D eigenvalue weighted by atomic mass is 32.2. The zero-order valence-corrected chi connectivity index (χ0v) is 15.5. The molecule has 2 aromatic carbocycles. The summed E-state index contributed by atoms with van der Waals surface area (Å²) in [5.74, 6) is 1.97. The zero-order valence-electron chi connectivity index (χ0n) is 13.9. The minimum absolute atomic E-state index is 0.308. The van der Waals surface area contributed by atoms with Gasteiger partial charge in [0.2, 0.25) is 4.96 Å². The molecule has 0 spiro atoms. The zero-order chi connectivity index (χ0) is 17.1. The van der Waals surface area contributed by atoms with E-state index < -0.39 is 0 Å². The van der Waals surface area contributed by atoms with Gasteiger partial charge in [0.15, 0.2) is 5.82 Å². The molecule has 4 aromatic rings. The molecule has 1 atom stereocenters. The lowest BCUT2D eigenvalue weighted by atomic mass is 9.97. The van der Waals surface area contributed by atoms with Crippen LogP contribution < -0.4 is 0 Å². The number of benzene rings is 2. The van der Waals surface area contributed by atoms with Gasteiger partial charge in [-0.15, -0.1) is 22.0 Å². The first-order valence-corrected chi connectivity index (χ1v) is 10.1. The van der Waals surface area contributed by atoms with Crippen molar-refractivity contribution >= 4 is 28.1 Å². The Morgan fingerprint density at radius 2 is 1.72 bits per heavy atom. The number of fused-ring (bicyclic) bond motifs is 1. The van der Waals surface area contributed by atoms with Gasteiger partial charge in [-0.1, -0.05) is 66.8 Å². The molecule has 25 heavy (non-hydrogen) atoms. The molecule has 0 bridgehead atoms. The molecule has 6 heteroatoms. The summed E-state index contributed by atoms with van der Waals surface area (Å²) in [6, 6.07) is 20.9. The predicted molar refractivity (Wildman–Crippen MR) is 103 cm³/mol. The molecule has 0 aliphatic heterocycles. The highest BCUT2D eigenvalue weighted by Gasteiger charge is 2.19. The monoisotopic (exact) mass is 366 g/mol. The van der Waals surface area contributed by atoms with E-state index in [1.165, 1.54) is 10.5 Å². The number of hydrogen-bond donors (Lipinski definition) is 0. The normalized spacial score (nSPS) is 12.5. The molecule has 0 radical (unpaired) electrons. The number of thioether (sulfide) groups is 1. The third-order valence-electron chi connectivity index (χ3n) is 4.09. The second kappa shape index (κ2) is 7.37. The first-order chi connectivity index (χ1) is 12.3. The lowest BCUT2D eigenvalue weighted by Crippen LogP contribution is -2.01. The SMILES string of the molecule is CC[C@@H](c1ccccc1)c1nn2c(CSc3ccccc3)nnc2s1. The van der Waals surface area contributed by atoms with Crippen molar-refractivity contribution in [1.82, 2.24) is 19.8 Å². The maximum Gasteiger partial charge on any atom is 0.234 e. The minimum Gasteiger partial charge on any atom is -0.186 e. The van der Waals surface area contributed by atoms with Crippen LogP contribution in [0.5, 0.6) is 0 Å². The van der Waals surface area contributed by atoms with Crippen molar-refractivity contribution < 1.29 is 0 Å².